The van der Waals surface area contributed by atoms with Gasteiger partial charge in [-0.3, -0.25) is 0 Å². The molecule has 0 bridgehead atoms. The highest BCUT2D eigenvalue weighted by molar-refractivity contribution is 6.35. The number of halogens is 2. The van der Waals surface area contributed by atoms with Gasteiger partial charge in [0.1, 0.15) is 0 Å². The Morgan fingerprint density at radius 1 is 1.00 bits per heavy atom. The van der Waals surface area contributed by atoms with Gasteiger partial charge in [0.2, 0.25) is 0 Å². The van der Waals surface area contributed by atoms with Crippen molar-refractivity contribution in [2.24, 2.45) is 0 Å². The van der Waals surface area contributed by atoms with Gasteiger partial charge >= 0.3 is 6.03 Å². The number of rotatable bonds is 3. The SMILES string of the molecule is O=C(N/C=C/c1ccccc1)Nc1cc(Cl)cc(Cl)c1. The molecule has 0 aromatic heterocycles. The summed E-state index contributed by atoms with van der Waals surface area (Å²) in [6.07, 6.45) is 3.36. The number of hydrogen-bond acceptors (Lipinski definition) is 1. The zero-order chi connectivity index (χ0) is 14.4. The van der Waals surface area contributed by atoms with Gasteiger partial charge in [-0.25, -0.2) is 4.79 Å². The van der Waals surface area contributed by atoms with Crippen LogP contribution in [0.5, 0.6) is 0 Å². The van der Waals surface area contributed by atoms with Crippen molar-refractivity contribution < 1.29 is 4.79 Å². The predicted octanol–water partition coefficient (Wildman–Crippen LogP) is 4.79. The molecule has 0 unspecified atom stereocenters. The van der Waals surface area contributed by atoms with Crippen LogP contribution in [0.3, 0.4) is 0 Å². The topological polar surface area (TPSA) is 41.1 Å². The van der Waals surface area contributed by atoms with Crippen molar-refractivity contribution >= 4 is 41.0 Å². The summed E-state index contributed by atoms with van der Waals surface area (Å²) in [5.41, 5.74) is 1.53. The highest BCUT2D eigenvalue weighted by Crippen LogP contribution is 2.22. The highest BCUT2D eigenvalue weighted by Gasteiger charge is 2.01. The third kappa shape index (κ3) is 4.61. The first-order valence-electron chi connectivity index (χ1n) is 5.89. The van der Waals surface area contributed by atoms with Gasteiger partial charge in [-0.1, -0.05) is 53.5 Å². The predicted molar refractivity (Wildman–Crippen MR) is 84.1 cm³/mol. The molecule has 2 aromatic carbocycles. The van der Waals surface area contributed by atoms with Crippen LogP contribution in [0.15, 0.2) is 54.7 Å². The Bertz CT molecular complexity index is 607. The fourth-order valence-electron chi connectivity index (χ4n) is 1.57. The van der Waals surface area contributed by atoms with Crippen molar-refractivity contribution in [2.75, 3.05) is 5.32 Å². The summed E-state index contributed by atoms with van der Waals surface area (Å²) in [4.78, 5) is 11.7. The Kier molecular flexibility index (Phi) is 5.04. The number of anilines is 1. The molecule has 0 radical (unpaired) electrons. The van der Waals surface area contributed by atoms with Crippen LogP contribution >= 0.6 is 23.2 Å². The van der Waals surface area contributed by atoms with Crippen molar-refractivity contribution in [3.8, 4) is 0 Å². The Morgan fingerprint density at radius 3 is 2.30 bits per heavy atom. The molecular formula is C15H12Cl2N2O. The molecule has 2 rings (SSSR count). The van der Waals surface area contributed by atoms with E-state index in [1.165, 1.54) is 0 Å². The smallest absolute Gasteiger partial charge is 0.314 e. The maximum Gasteiger partial charge on any atom is 0.323 e. The number of carbonyl (C=O) groups is 1. The average molecular weight is 307 g/mol. The lowest BCUT2D eigenvalue weighted by Gasteiger charge is -2.05. The first kappa shape index (κ1) is 14.4. The third-order valence-electron chi connectivity index (χ3n) is 2.41. The molecule has 5 heteroatoms. The van der Waals surface area contributed by atoms with E-state index in [0.717, 1.165) is 5.56 Å². The minimum atomic E-state index is -0.365. The molecule has 2 aromatic rings. The largest absolute Gasteiger partial charge is 0.323 e. The van der Waals surface area contributed by atoms with Gasteiger partial charge in [0.15, 0.2) is 0 Å². The molecule has 2 N–H and O–H groups in total. The maximum absolute atomic E-state index is 11.7. The zero-order valence-electron chi connectivity index (χ0n) is 10.4. The van der Waals surface area contributed by atoms with Gasteiger partial charge < -0.3 is 10.6 Å². The summed E-state index contributed by atoms with van der Waals surface area (Å²) < 4.78 is 0. The Morgan fingerprint density at radius 2 is 1.65 bits per heavy atom. The molecule has 0 aliphatic heterocycles. The number of hydrogen-bond donors (Lipinski definition) is 2. The molecule has 3 nitrogen and oxygen atoms in total. The quantitative estimate of drug-likeness (QED) is 0.841. The maximum atomic E-state index is 11.7. The minimum Gasteiger partial charge on any atom is -0.314 e. The van der Waals surface area contributed by atoms with Gasteiger partial charge in [-0.15, -0.1) is 0 Å². The fourth-order valence-corrected chi connectivity index (χ4v) is 2.10. The average Bonchev–Trinajstić information content (AvgIpc) is 2.38. The summed E-state index contributed by atoms with van der Waals surface area (Å²) in [7, 11) is 0. The van der Waals surface area contributed by atoms with Crippen LogP contribution in [0.1, 0.15) is 5.56 Å². The van der Waals surface area contributed by atoms with Crippen LogP contribution in [0.25, 0.3) is 6.08 Å². The van der Waals surface area contributed by atoms with Crippen molar-refractivity contribution in [3.05, 3.63) is 70.3 Å². The molecule has 0 spiro atoms. The summed E-state index contributed by atoms with van der Waals surface area (Å²) in [5, 5.41) is 6.17. The lowest BCUT2D eigenvalue weighted by Crippen LogP contribution is -2.23. The third-order valence-corrected chi connectivity index (χ3v) is 2.85. The number of carbonyl (C=O) groups excluding carboxylic acids is 1. The van der Waals surface area contributed by atoms with E-state index in [4.69, 9.17) is 23.2 Å². The van der Waals surface area contributed by atoms with E-state index in [-0.39, 0.29) is 6.03 Å². The van der Waals surface area contributed by atoms with Crippen LogP contribution in [0, 0.1) is 0 Å². The monoisotopic (exact) mass is 306 g/mol. The van der Waals surface area contributed by atoms with Crippen LogP contribution in [0.4, 0.5) is 10.5 Å². The van der Waals surface area contributed by atoms with Gasteiger partial charge in [0.05, 0.1) is 0 Å². The van der Waals surface area contributed by atoms with Gasteiger partial charge in [-0.2, -0.15) is 0 Å². The van der Waals surface area contributed by atoms with Crippen LogP contribution < -0.4 is 10.6 Å². The normalized spacial score (nSPS) is 10.5. The zero-order valence-corrected chi connectivity index (χ0v) is 11.9. The molecule has 0 fully saturated rings. The first-order chi connectivity index (χ1) is 9.63. The molecule has 0 aliphatic carbocycles. The molecule has 0 aliphatic rings. The second-order valence-corrected chi connectivity index (χ2v) is 4.87. The van der Waals surface area contributed by atoms with E-state index in [9.17, 15) is 4.79 Å². The minimum absolute atomic E-state index is 0.365. The van der Waals surface area contributed by atoms with Crippen molar-refractivity contribution in [1.29, 1.82) is 0 Å². The Balaban J connectivity index is 1.91. The highest BCUT2D eigenvalue weighted by atomic mass is 35.5. The molecule has 0 saturated carbocycles. The van der Waals surface area contributed by atoms with Crippen molar-refractivity contribution in [1.82, 2.24) is 5.32 Å². The summed E-state index contributed by atoms with van der Waals surface area (Å²) >= 11 is 11.7. The second-order valence-electron chi connectivity index (χ2n) is 4.00. The van der Waals surface area contributed by atoms with E-state index in [1.807, 2.05) is 30.3 Å². The number of benzene rings is 2. The van der Waals surface area contributed by atoms with Gasteiger partial charge in [0, 0.05) is 21.9 Å². The molecule has 102 valence electrons. The number of urea groups is 1. The van der Waals surface area contributed by atoms with Crippen molar-refractivity contribution in [2.45, 2.75) is 0 Å². The summed E-state index contributed by atoms with van der Waals surface area (Å²) in [5.74, 6) is 0. The van der Waals surface area contributed by atoms with E-state index in [1.54, 1.807) is 30.5 Å². The van der Waals surface area contributed by atoms with E-state index in [2.05, 4.69) is 10.6 Å². The lowest BCUT2D eigenvalue weighted by atomic mass is 10.2. The lowest BCUT2D eigenvalue weighted by molar-refractivity contribution is 0.255. The number of amides is 2. The van der Waals surface area contributed by atoms with E-state index < -0.39 is 0 Å². The van der Waals surface area contributed by atoms with Crippen LogP contribution in [0.2, 0.25) is 10.0 Å². The molecule has 0 heterocycles. The second kappa shape index (κ2) is 6.98. The van der Waals surface area contributed by atoms with E-state index >= 15 is 0 Å². The molecule has 0 atom stereocenters. The fraction of sp³-hybridized carbons (Fsp3) is 0. The standard InChI is InChI=1S/C15H12Cl2N2O/c16-12-8-13(17)10-14(9-12)19-15(20)18-7-6-11-4-2-1-3-5-11/h1-10H,(H2,18,19,20)/b7-6+. The molecule has 2 amide bonds. The van der Waals surface area contributed by atoms with E-state index in [0.29, 0.717) is 15.7 Å². The molecule has 20 heavy (non-hydrogen) atoms. The van der Waals surface area contributed by atoms with Crippen LogP contribution in [-0.2, 0) is 0 Å². The van der Waals surface area contributed by atoms with Gasteiger partial charge in [-0.05, 0) is 29.8 Å². The first-order valence-corrected chi connectivity index (χ1v) is 6.64. The molecular weight excluding hydrogens is 295 g/mol. The summed E-state index contributed by atoms with van der Waals surface area (Å²) in [6.45, 7) is 0. The van der Waals surface area contributed by atoms with Crippen molar-refractivity contribution in [3.63, 3.8) is 0 Å². The number of nitrogens with one attached hydrogen (secondary N) is 2. The summed E-state index contributed by atoms with van der Waals surface area (Å²) in [6, 6.07) is 14.1. The Labute approximate surface area is 127 Å². The molecule has 0 saturated heterocycles. The van der Waals surface area contributed by atoms with Crippen LogP contribution in [-0.4, -0.2) is 6.03 Å². The Hall–Kier alpha value is -1.97. The van der Waals surface area contributed by atoms with Gasteiger partial charge in [0.25, 0.3) is 0 Å².